The van der Waals surface area contributed by atoms with Crippen molar-refractivity contribution in [1.82, 2.24) is 19.7 Å². The van der Waals surface area contributed by atoms with Gasteiger partial charge in [-0.3, -0.25) is 0 Å². The van der Waals surface area contributed by atoms with Crippen LogP contribution in [0.1, 0.15) is 6.92 Å². The predicted molar refractivity (Wildman–Crippen MR) is 57.8 cm³/mol. The van der Waals surface area contributed by atoms with Crippen LogP contribution in [0.25, 0.3) is 11.0 Å². The Hall–Kier alpha value is -0.810. The first-order valence-electron chi connectivity index (χ1n) is 4.19. The van der Waals surface area contributed by atoms with Gasteiger partial charge >= 0.3 is 0 Å². The van der Waals surface area contributed by atoms with Crippen LogP contribution in [0.3, 0.4) is 0 Å². The Kier molecular flexibility index (Phi) is 2.60. The largest absolute Gasteiger partial charge is 0.247 e. The van der Waals surface area contributed by atoms with Crippen molar-refractivity contribution in [2.75, 3.05) is 6.26 Å². The van der Waals surface area contributed by atoms with E-state index in [-0.39, 0.29) is 0 Å². The summed E-state index contributed by atoms with van der Waals surface area (Å²) in [5.74, 6) is 0. The number of hydrogen-bond donors (Lipinski definition) is 0. The summed E-state index contributed by atoms with van der Waals surface area (Å²) in [7, 11) is 0. The molecular weight excluding hydrogens is 220 g/mol. The maximum Gasteiger partial charge on any atom is 0.190 e. The van der Waals surface area contributed by atoms with Crippen LogP contribution < -0.4 is 0 Å². The second kappa shape index (κ2) is 3.74. The standard InChI is InChI=1S/C8H9ClN4S/c1-3-13-7-5(4-10-13)6(9)11-8(12-7)14-2/h4H,3H2,1-2H3. The molecule has 0 aliphatic rings. The third kappa shape index (κ3) is 1.46. The van der Waals surface area contributed by atoms with E-state index in [9.17, 15) is 0 Å². The average molecular weight is 229 g/mol. The Balaban J connectivity index is 2.73. The molecule has 74 valence electrons. The molecule has 0 saturated heterocycles. The van der Waals surface area contributed by atoms with Gasteiger partial charge in [-0.2, -0.15) is 5.10 Å². The van der Waals surface area contributed by atoms with Crippen molar-refractivity contribution in [3.63, 3.8) is 0 Å². The third-order valence-electron chi connectivity index (χ3n) is 1.91. The number of halogens is 1. The highest BCUT2D eigenvalue weighted by atomic mass is 35.5. The van der Waals surface area contributed by atoms with Crippen LogP contribution in [0.4, 0.5) is 0 Å². The summed E-state index contributed by atoms with van der Waals surface area (Å²) < 4.78 is 1.81. The fraction of sp³-hybridized carbons (Fsp3) is 0.375. The Bertz CT molecular complexity index is 468. The summed E-state index contributed by atoms with van der Waals surface area (Å²) >= 11 is 7.47. The zero-order valence-electron chi connectivity index (χ0n) is 7.86. The quantitative estimate of drug-likeness (QED) is 0.449. The van der Waals surface area contributed by atoms with Gasteiger partial charge in [0.25, 0.3) is 0 Å². The number of aryl methyl sites for hydroxylation is 1. The fourth-order valence-electron chi connectivity index (χ4n) is 1.22. The second-order valence-corrected chi connectivity index (χ2v) is 3.83. The lowest BCUT2D eigenvalue weighted by atomic mass is 10.4. The molecule has 0 unspecified atom stereocenters. The summed E-state index contributed by atoms with van der Waals surface area (Å²) in [6, 6.07) is 0. The van der Waals surface area contributed by atoms with Crippen molar-refractivity contribution in [2.24, 2.45) is 0 Å². The summed E-state index contributed by atoms with van der Waals surface area (Å²) in [5.41, 5.74) is 0.803. The highest BCUT2D eigenvalue weighted by Gasteiger charge is 2.09. The molecule has 0 radical (unpaired) electrons. The van der Waals surface area contributed by atoms with E-state index in [2.05, 4.69) is 15.1 Å². The first-order chi connectivity index (χ1) is 6.76. The lowest BCUT2D eigenvalue weighted by Crippen LogP contribution is -1.98. The summed E-state index contributed by atoms with van der Waals surface area (Å²) in [5, 5.41) is 6.13. The highest BCUT2D eigenvalue weighted by Crippen LogP contribution is 2.22. The molecule has 0 saturated carbocycles. The van der Waals surface area contributed by atoms with Gasteiger partial charge in [-0.15, -0.1) is 0 Å². The van der Waals surface area contributed by atoms with E-state index < -0.39 is 0 Å². The summed E-state index contributed by atoms with van der Waals surface area (Å²) in [6.07, 6.45) is 3.62. The Morgan fingerprint density at radius 3 is 2.93 bits per heavy atom. The molecule has 2 heterocycles. The van der Waals surface area contributed by atoms with Gasteiger partial charge in [-0.1, -0.05) is 23.4 Å². The van der Waals surface area contributed by atoms with Crippen molar-refractivity contribution < 1.29 is 0 Å². The lowest BCUT2D eigenvalue weighted by molar-refractivity contribution is 0.673. The molecule has 0 aromatic carbocycles. The van der Waals surface area contributed by atoms with Crippen LogP contribution in [0.2, 0.25) is 5.15 Å². The fourth-order valence-corrected chi connectivity index (χ4v) is 1.85. The molecule has 0 aliphatic heterocycles. The first-order valence-corrected chi connectivity index (χ1v) is 5.79. The number of aromatic nitrogens is 4. The number of hydrogen-bond acceptors (Lipinski definition) is 4. The van der Waals surface area contributed by atoms with Gasteiger partial charge in [-0.05, 0) is 13.2 Å². The molecule has 0 aliphatic carbocycles. The maximum atomic E-state index is 5.99. The van der Waals surface area contributed by atoms with Crippen LogP contribution in [-0.2, 0) is 6.54 Å². The van der Waals surface area contributed by atoms with Gasteiger partial charge in [0.15, 0.2) is 10.8 Å². The molecule has 6 heteroatoms. The van der Waals surface area contributed by atoms with E-state index in [1.807, 2.05) is 17.9 Å². The summed E-state index contributed by atoms with van der Waals surface area (Å²) in [4.78, 5) is 8.48. The molecular formula is C8H9ClN4S. The predicted octanol–water partition coefficient (Wildman–Crippen LogP) is 2.22. The summed E-state index contributed by atoms with van der Waals surface area (Å²) in [6.45, 7) is 2.80. The third-order valence-corrected chi connectivity index (χ3v) is 2.75. The Labute approximate surface area is 90.7 Å². The van der Waals surface area contributed by atoms with Crippen molar-refractivity contribution in [1.29, 1.82) is 0 Å². The van der Waals surface area contributed by atoms with Gasteiger partial charge < -0.3 is 0 Å². The molecule has 2 aromatic heterocycles. The number of thioether (sulfide) groups is 1. The van der Waals surface area contributed by atoms with Crippen molar-refractivity contribution in [3.05, 3.63) is 11.3 Å². The van der Waals surface area contributed by atoms with Crippen LogP contribution in [-0.4, -0.2) is 26.0 Å². The Morgan fingerprint density at radius 2 is 2.29 bits per heavy atom. The van der Waals surface area contributed by atoms with Crippen LogP contribution in [0, 0.1) is 0 Å². The molecule has 2 rings (SSSR count). The van der Waals surface area contributed by atoms with Gasteiger partial charge in [0.1, 0.15) is 5.15 Å². The zero-order chi connectivity index (χ0) is 10.1. The van der Waals surface area contributed by atoms with Gasteiger partial charge in [0, 0.05) is 6.54 Å². The topological polar surface area (TPSA) is 43.6 Å². The molecule has 0 N–H and O–H groups in total. The Morgan fingerprint density at radius 1 is 1.50 bits per heavy atom. The first kappa shape index (κ1) is 9.73. The molecule has 0 atom stereocenters. The van der Waals surface area contributed by atoms with Gasteiger partial charge in [0.2, 0.25) is 0 Å². The molecule has 0 bridgehead atoms. The molecule has 0 spiro atoms. The van der Waals surface area contributed by atoms with Gasteiger partial charge in [-0.25, -0.2) is 14.6 Å². The number of rotatable bonds is 2. The molecule has 4 nitrogen and oxygen atoms in total. The minimum absolute atomic E-state index is 0.471. The lowest BCUT2D eigenvalue weighted by Gasteiger charge is -2.00. The molecule has 0 amide bonds. The number of fused-ring (bicyclic) bond motifs is 1. The molecule has 14 heavy (non-hydrogen) atoms. The van der Waals surface area contributed by atoms with Crippen molar-refractivity contribution >= 4 is 34.4 Å². The SMILES string of the molecule is CCn1ncc2c(Cl)nc(SC)nc21. The molecule has 2 aromatic rings. The highest BCUT2D eigenvalue weighted by molar-refractivity contribution is 7.98. The normalized spacial score (nSPS) is 11.1. The second-order valence-electron chi connectivity index (χ2n) is 2.70. The van der Waals surface area contributed by atoms with E-state index in [0.29, 0.717) is 10.3 Å². The zero-order valence-corrected chi connectivity index (χ0v) is 9.43. The van der Waals surface area contributed by atoms with Crippen LogP contribution >= 0.6 is 23.4 Å². The van der Waals surface area contributed by atoms with Crippen LogP contribution in [0.15, 0.2) is 11.4 Å². The van der Waals surface area contributed by atoms with Crippen molar-refractivity contribution in [2.45, 2.75) is 18.6 Å². The molecule has 0 fully saturated rings. The minimum Gasteiger partial charge on any atom is -0.247 e. The van der Waals surface area contributed by atoms with E-state index in [0.717, 1.165) is 17.6 Å². The van der Waals surface area contributed by atoms with Crippen molar-refractivity contribution in [3.8, 4) is 0 Å². The van der Waals surface area contributed by atoms with E-state index in [4.69, 9.17) is 11.6 Å². The van der Waals surface area contributed by atoms with E-state index >= 15 is 0 Å². The van der Waals surface area contributed by atoms with E-state index in [1.54, 1.807) is 6.20 Å². The number of nitrogens with zero attached hydrogens (tertiary/aromatic N) is 4. The monoisotopic (exact) mass is 228 g/mol. The van der Waals surface area contributed by atoms with Crippen LogP contribution in [0.5, 0.6) is 0 Å². The van der Waals surface area contributed by atoms with Gasteiger partial charge in [0.05, 0.1) is 11.6 Å². The average Bonchev–Trinajstić information content (AvgIpc) is 2.61. The smallest absolute Gasteiger partial charge is 0.190 e. The van der Waals surface area contributed by atoms with E-state index in [1.165, 1.54) is 11.8 Å². The minimum atomic E-state index is 0.471. The maximum absolute atomic E-state index is 5.99.